The summed E-state index contributed by atoms with van der Waals surface area (Å²) in [7, 11) is 0. The van der Waals surface area contributed by atoms with E-state index in [2.05, 4.69) is 167 Å². The van der Waals surface area contributed by atoms with Gasteiger partial charge in [0.1, 0.15) is 0 Å². The Morgan fingerprint density at radius 2 is 0.634 bits per heavy atom. The second-order valence-electron chi connectivity index (χ2n) is 23.5. The Kier molecular flexibility index (Phi) is 26.6. The van der Waals surface area contributed by atoms with E-state index in [-0.39, 0.29) is 6.29 Å². The van der Waals surface area contributed by atoms with E-state index in [9.17, 15) is 0 Å². The van der Waals surface area contributed by atoms with E-state index in [0.717, 1.165) is 19.3 Å². The average Bonchev–Trinajstić information content (AvgIpc) is 4.52. The molecule has 0 amide bonds. The van der Waals surface area contributed by atoms with Gasteiger partial charge in [0.15, 0.2) is 6.29 Å². The van der Waals surface area contributed by atoms with Gasteiger partial charge < -0.3 is 9.47 Å². The predicted octanol–water partition coefficient (Wildman–Crippen LogP) is 26.4. The number of rotatable bonds is 38. The van der Waals surface area contributed by atoms with Crippen LogP contribution >= 0.6 is 90.7 Å². The molecule has 1 saturated heterocycles. The molecule has 0 atom stereocenters. The van der Waals surface area contributed by atoms with E-state index in [1.54, 1.807) is 29.3 Å². The van der Waals surface area contributed by atoms with E-state index < -0.39 is 18.4 Å². The van der Waals surface area contributed by atoms with Crippen molar-refractivity contribution < 1.29 is 9.47 Å². The third kappa shape index (κ3) is 16.9. The SMILES string of the molecule is CCCCCCc1cc(-c2cc(CCCCCC)c(-c3ccc(-c4ccc(-c5s[c]([Sn]([CH2]CCC)([CH2]CCC)[CH2]CCC)cc5CCCCCC)s4)s3)s2)sc1-c1ccc(-c2ccc(-c3sc(C4OCCO4)cc3CCCCCC)s2)s1. The summed E-state index contributed by atoms with van der Waals surface area (Å²) in [6.45, 7) is 17.9. The van der Waals surface area contributed by atoms with E-state index >= 15 is 0 Å². The van der Waals surface area contributed by atoms with Gasteiger partial charge in [-0.1, -0.05) is 78.6 Å². The van der Waals surface area contributed by atoms with Gasteiger partial charge in [-0.3, -0.25) is 0 Å². The van der Waals surface area contributed by atoms with Crippen LogP contribution in [-0.2, 0) is 35.2 Å². The molecule has 1 aliphatic heterocycles. The molecular weight excluding hydrogens is 1260 g/mol. The summed E-state index contributed by atoms with van der Waals surface area (Å²) in [6, 6.07) is 29.9. The summed E-state index contributed by atoms with van der Waals surface area (Å²) in [5, 5.41) is 0. The molecule has 0 saturated carbocycles. The molecule has 1 aliphatic rings. The third-order valence-electron chi connectivity index (χ3n) is 16.9. The summed E-state index contributed by atoms with van der Waals surface area (Å²) in [4.78, 5) is 21.5. The van der Waals surface area contributed by atoms with Crippen molar-refractivity contribution in [1.82, 2.24) is 0 Å². The predicted molar refractivity (Wildman–Crippen MR) is 378 cm³/mol. The van der Waals surface area contributed by atoms with Crippen LogP contribution in [0.5, 0.6) is 0 Å². The van der Waals surface area contributed by atoms with Crippen molar-refractivity contribution in [2.75, 3.05) is 13.2 Å². The Balaban J connectivity index is 1.00. The molecule has 2 nitrogen and oxygen atoms in total. The first kappa shape index (κ1) is 64.8. The van der Waals surface area contributed by atoms with Gasteiger partial charge >= 0.3 is 266 Å². The Morgan fingerprint density at radius 1 is 0.317 bits per heavy atom. The van der Waals surface area contributed by atoms with E-state index in [4.69, 9.17) is 9.47 Å². The first-order valence-electron chi connectivity index (χ1n) is 32.5. The normalized spacial score (nSPS) is 13.3. The van der Waals surface area contributed by atoms with Crippen molar-refractivity contribution >= 4 is 112 Å². The van der Waals surface area contributed by atoms with Gasteiger partial charge in [0.2, 0.25) is 0 Å². The number of thiophene rings is 8. The second-order valence-corrected chi connectivity index (χ2v) is 46.2. The number of hydrogen-bond acceptors (Lipinski definition) is 10. The summed E-state index contributed by atoms with van der Waals surface area (Å²) in [6.07, 6.45) is 33.4. The Bertz CT molecular complexity index is 3090. The quantitative estimate of drug-likeness (QED) is 0.0284. The number of aryl methyl sites for hydroxylation is 4. The number of hydrogen-bond donors (Lipinski definition) is 0. The van der Waals surface area contributed by atoms with Crippen molar-refractivity contribution in [3.63, 3.8) is 0 Å². The van der Waals surface area contributed by atoms with Gasteiger partial charge in [-0.05, 0) is 79.6 Å². The van der Waals surface area contributed by atoms with Crippen LogP contribution in [0.2, 0.25) is 13.3 Å². The van der Waals surface area contributed by atoms with Crippen LogP contribution in [0.25, 0.3) is 68.3 Å². The second kappa shape index (κ2) is 33.6. The molecule has 9 heterocycles. The molecule has 9 rings (SSSR count). The van der Waals surface area contributed by atoms with Crippen molar-refractivity contribution in [3.05, 3.63) is 99.9 Å². The molecule has 1 fully saturated rings. The zero-order chi connectivity index (χ0) is 57.1. The Hall–Kier alpha value is -1.68. The molecule has 444 valence electrons. The third-order valence-corrected chi connectivity index (χ3v) is 45.5. The first-order chi connectivity index (χ1) is 40.3. The molecule has 0 aromatic carbocycles. The molecule has 0 radical (unpaired) electrons. The maximum absolute atomic E-state index is 6.00. The van der Waals surface area contributed by atoms with E-state index in [1.807, 2.05) is 48.2 Å². The molecule has 0 N–H and O–H groups in total. The van der Waals surface area contributed by atoms with Gasteiger partial charge in [0, 0.05) is 34.1 Å². The zero-order valence-corrected chi connectivity index (χ0v) is 60.4. The molecule has 0 spiro atoms. The standard InChI is InChI=1S/C59H69O2S8.3C4H9.Sn/c1-5-9-13-17-21-40-33-36-62-55(40)48-29-25-44(63-48)45-26-30-49(64-45)56-41(22-18-14-10-6-2)37-52(67-56)53-38-42(23-19-15-11-7-3)57(68-53)50-31-27-46(65-50)47-28-32-51(66-47)58-43(24-20-16-12-8-4)39-54(69-58)59-60-34-35-61-59;3*1-3-4-2;/h25-33,37-39,59H,5-24,34-35H2,1-4H3;3*1,3-4H2,2H3;. The fourth-order valence-corrected chi connectivity index (χ4v) is 41.0. The summed E-state index contributed by atoms with van der Waals surface area (Å²) < 4.78 is 18.5. The maximum atomic E-state index is 6.00. The minimum atomic E-state index is -2.59. The molecule has 82 heavy (non-hydrogen) atoms. The van der Waals surface area contributed by atoms with Crippen LogP contribution in [0.3, 0.4) is 0 Å². The van der Waals surface area contributed by atoms with Gasteiger partial charge in [0.25, 0.3) is 0 Å². The molecule has 0 aliphatic carbocycles. The average molecular weight is 1360 g/mol. The van der Waals surface area contributed by atoms with Crippen molar-refractivity contribution in [2.24, 2.45) is 0 Å². The van der Waals surface area contributed by atoms with E-state index in [1.165, 1.54) is 227 Å². The van der Waals surface area contributed by atoms with Crippen molar-refractivity contribution in [3.8, 4) is 68.3 Å². The summed E-state index contributed by atoms with van der Waals surface area (Å²) in [5.74, 6) is 0. The fraction of sp³-hybridized carbons (Fsp3) is 0.549. The Morgan fingerprint density at radius 3 is 1.00 bits per heavy atom. The molecular formula is C71H96O2S8Sn. The van der Waals surface area contributed by atoms with Crippen molar-refractivity contribution in [2.45, 2.75) is 235 Å². The van der Waals surface area contributed by atoms with Crippen LogP contribution in [0.4, 0.5) is 0 Å². The zero-order valence-electron chi connectivity index (χ0n) is 51.0. The van der Waals surface area contributed by atoms with Gasteiger partial charge in [0.05, 0.1) is 18.1 Å². The largest absolute Gasteiger partial charge is 0.345 e. The van der Waals surface area contributed by atoms with E-state index in [0.29, 0.717) is 13.2 Å². The first-order valence-corrected chi connectivity index (χ1v) is 46.5. The van der Waals surface area contributed by atoms with Crippen LogP contribution in [-0.4, -0.2) is 31.6 Å². The smallest absolute Gasteiger partial charge is 0.193 e. The van der Waals surface area contributed by atoms with Crippen LogP contribution in [0, 0.1) is 0 Å². The van der Waals surface area contributed by atoms with Crippen molar-refractivity contribution in [1.29, 1.82) is 0 Å². The number of ether oxygens (including phenoxy) is 2. The summed E-state index contributed by atoms with van der Waals surface area (Å²) >= 11 is 13.8. The molecule has 0 bridgehead atoms. The summed E-state index contributed by atoms with van der Waals surface area (Å²) in [5.41, 5.74) is 6.23. The number of unbranched alkanes of at least 4 members (excludes halogenated alkanes) is 15. The monoisotopic (exact) mass is 1360 g/mol. The molecule has 0 unspecified atom stereocenters. The van der Waals surface area contributed by atoms with Crippen LogP contribution in [0.1, 0.15) is 223 Å². The van der Waals surface area contributed by atoms with Crippen LogP contribution in [0.15, 0.2) is 72.8 Å². The minimum absolute atomic E-state index is 0.218. The van der Waals surface area contributed by atoms with Gasteiger partial charge in [-0.2, -0.15) is 0 Å². The minimum Gasteiger partial charge on any atom is -0.345 e. The fourth-order valence-electron chi connectivity index (χ4n) is 12.1. The topological polar surface area (TPSA) is 18.5 Å². The Labute approximate surface area is 532 Å². The van der Waals surface area contributed by atoms with Gasteiger partial charge in [-0.15, -0.1) is 45.3 Å². The van der Waals surface area contributed by atoms with Gasteiger partial charge in [-0.25, -0.2) is 0 Å². The van der Waals surface area contributed by atoms with Crippen LogP contribution < -0.4 is 2.89 Å². The molecule has 8 aromatic heterocycles. The molecule has 11 heteroatoms. The molecule has 8 aromatic rings. The maximum Gasteiger partial charge on any atom is 0.193 e.